The van der Waals surface area contributed by atoms with E-state index >= 15 is 0 Å². The lowest BCUT2D eigenvalue weighted by Gasteiger charge is -2.30. The third-order valence-corrected chi connectivity index (χ3v) is 6.61. The second-order valence-electron chi connectivity index (χ2n) is 8.29. The maximum atomic E-state index is 13.7. The first-order valence-corrected chi connectivity index (χ1v) is 11.8. The van der Waals surface area contributed by atoms with Gasteiger partial charge in [0.25, 0.3) is 0 Å². The summed E-state index contributed by atoms with van der Waals surface area (Å²) in [6.45, 7) is 2.49. The van der Waals surface area contributed by atoms with Crippen LogP contribution in [0.4, 0.5) is 13.9 Å². The van der Waals surface area contributed by atoms with Gasteiger partial charge in [-0.2, -0.15) is 4.37 Å². The lowest BCUT2D eigenvalue weighted by Crippen LogP contribution is -2.43. The second-order valence-corrected chi connectivity index (χ2v) is 9.07. The Bertz CT molecular complexity index is 1010. The van der Waals surface area contributed by atoms with Crippen LogP contribution in [-0.2, 0) is 19.3 Å². The normalized spacial score (nSPS) is 17.6. The molecular weight excluding hydrogens is 430 g/mol. The van der Waals surface area contributed by atoms with Crippen LogP contribution in [0.1, 0.15) is 48.1 Å². The van der Waals surface area contributed by atoms with Crippen LogP contribution in [-0.4, -0.2) is 33.2 Å². The molecule has 0 saturated heterocycles. The van der Waals surface area contributed by atoms with Gasteiger partial charge in [-0.05, 0) is 66.5 Å². The summed E-state index contributed by atoms with van der Waals surface area (Å²) in [6.07, 6.45) is 5.05. The van der Waals surface area contributed by atoms with E-state index in [1.807, 2.05) is 0 Å². The number of rotatable bonds is 9. The number of anilines is 1. The molecule has 3 unspecified atom stereocenters. The minimum atomic E-state index is -0.801. The topological polar surface area (TPSA) is 70.1 Å². The van der Waals surface area contributed by atoms with E-state index in [1.165, 1.54) is 46.7 Å². The van der Waals surface area contributed by atoms with Crippen LogP contribution >= 0.6 is 11.5 Å². The molecule has 2 aromatic carbocycles. The molecule has 32 heavy (non-hydrogen) atoms. The molecule has 1 aliphatic rings. The number of hydrogen-bond acceptors (Lipinski definition) is 6. The number of aliphatic hydroxyl groups excluding tert-OH is 1. The van der Waals surface area contributed by atoms with Crippen molar-refractivity contribution in [1.82, 2.24) is 14.7 Å². The number of fused-ring (bicyclic) bond motifs is 1. The number of halogens is 2. The number of nitrogens with zero attached hydrogens (tertiary/aromatic N) is 2. The van der Waals surface area contributed by atoms with Crippen molar-refractivity contribution < 1.29 is 13.9 Å². The van der Waals surface area contributed by atoms with Crippen molar-refractivity contribution >= 4 is 16.7 Å². The van der Waals surface area contributed by atoms with E-state index in [2.05, 4.69) is 45.1 Å². The summed E-state index contributed by atoms with van der Waals surface area (Å²) in [4.78, 5) is 4.13. The molecule has 0 spiro atoms. The summed E-state index contributed by atoms with van der Waals surface area (Å²) < 4.78 is 31.4. The van der Waals surface area contributed by atoms with Crippen LogP contribution in [0.2, 0.25) is 0 Å². The van der Waals surface area contributed by atoms with Gasteiger partial charge in [0.2, 0.25) is 5.13 Å². The van der Waals surface area contributed by atoms with Crippen molar-refractivity contribution in [2.75, 3.05) is 11.9 Å². The van der Waals surface area contributed by atoms with Crippen LogP contribution in [0.3, 0.4) is 0 Å². The fourth-order valence-corrected chi connectivity index (χ4v) is 4.84. The fraction of sp³-hybridized carbons (Fsp3) is 0.417. The Balaban J connectivity index is 1.47. The van der Waals surface area contributed by atoms with Gasteiger partial charge in [0.1, 0.15) is 18.0 Å². The molecule has 1 heterocycles. The predicted molar refractivity (Wildman–Crippen MR) is 123 cm³/mol. The minimum Gasteiger partial charge on any atom is -0.390 e. The van der Waals surface area contributed by atoms with Gasteiger partial charge in [0, 0.05) is 30.2 Å². The number of aliphatic hydroxyl groups is 1. The molecule has 0 saturated carbocycles. The molecule has 0 amide bonds. The van der Waals surface area contributed by atoms with Crippen molar-refractivity contribution in [1.29, 1.82) is 0 Å². The summed E-state index contributed by atoms with van der Waals surface area (Å²) >= 11 is 1.17. The molecule has 5 nitrogen and oxygen atoms in total. The average Bonchev–Trinajstić information content (AvgIpc) is 3.29. The molecular formula is C24H28F2N4OS. The summed E-state index contributed by atoms with van der Waals surface area (Å²) in [7, 11) is 0. The molecule has 3 N–H and O–H groups in total. The quantitative estimate of drug-likeness (QED) is 0.443. The van der Waals surface area contributed by atoms with Crippen molar-refractivity contribution in [3.63, 3.8) is 0 Å². The van der Waals surface area contributed by atoms with E-state index in [0.29, 0.717) is 17.2 Å². The molecule has 8 heteroatoms. The summed E-state index contributed by atoms with van der Waals surface area (Å²) in [6, 6.07) is 9.80. The molecule has 3 aromatic rings. The van der Waals surface area contributed by atoms with Gasteiger partial charge in [-0.25, -0.2) is 13.8 Å². The van der Waals surface area contributed by atoms with Crippen molar-refractivity contribution in [2.45, 2.75) is 57.2 Å². The fourth-order valence-electron chi connectivity index (χ4n) is 4.35. The SMILES string of the molecule is CCc1ccc2c(c1)C(NCC(O)C(Cc1cc(F)cc(F)c1)Nc1ncns1)CCC2. The Hall–Kier alpha value is -2.42. The zero-order valence-corrected chi connectivity index (χ0v) is 18.8. The lowest BCUT2D eigenvalue weighted by molar-refractivity contribution is 0.143. The first kappa shape index (κ1) is 22.8. The third-order valence-electron chi connectivity index (χ3n) is 6.02. The molecule has 0 aliphatic heterocycles. The zero-order chi connectivity index (χ0) is 22.5. The van der Waals surface area contributed by atoms with Crippen LogP contribution < -0.4 is 10.6 Å². The molecule has 170 valence electrons. The second kappa shape index (κ2) is 10.5. The summed E-state index contributed by atoms with van der Waals surface area (Å²) in [5, 5.41) is 18.3. The Morgan fingerprint density at radius 3 is 2.69 bits per heavy atom. The number of hydrogen-bond donors (Lipinski definition) is 3. The Kier molecular flexibility index (Phi) is 7.44. The third kappa shape index (κ3) is 5.68. The molecule has 0 radical (unpaired) electrons. The molecule has 0 bridgehead atoms. The summed E-state index contributed by atoms with van der Waals surface area (Å²) in [5.74, 6) is -1.26. The largest absolute Gasteiger partial charge is 0.390 e. The van der Waals surface area contributed by atoms with Crippen LogP contribution in [0, 0.1) is 11.6 Å². The average molecular weight is 459 g/mol. The highest BCUT2D eigenvalue weighted by Crippen LogP contribution is 2.31. The standard InChI is InChI=1S/C24H28F2N4OS/c1-2-15-6-7-17-4-3-5-21(20(17)10-15)27-13-23(31)22(30-24-28-14-29-32-24)11-16-8-18(25)12-19(26)9-16/h6-10,12,14,21-23,27,31H,2-5,11,13H2,1H3,(H,28,29,30). The van der Waals surface area contributed by atoms with Gasteiger partial charge in [-0.1, -0.05) is 25.1 Å². The highest BCUT2D eigenvalue weighted by molar-refractivity contribution is 7.09. The lowest BCUT2D eigenvalue weighted by atomic mass is 9.86. The first-order chi connectivity index (χ1) is 15.5. The van der Waals surface area contributed by atoms with E-state index in [1.54, 1.807) is 0 Å². The molecule has 3 atom stereocenters. The van der Waals surface area contributed by atoms with Crippen molar-refractivity contribution in [3.05, 3.63) is 76.6 Å². The van der Waals surface area contributed by atoms with E-state index in [9.17, 15) is 13.9 Å². The molecule has 1 aliphatic carbocycles. The molecule has 4 rings (SSSR count). The summed E-state index contributed by atoms with van der Waals surface area (Å²) in [5.41, 5.74) is 4.45. The smallest absolute Gasteiger partial charge is 0.202 e. The zero-order valence-electron chi connectivity index (χ0n) is 18.0. The van der Waals surface area contributed by atoms with Gasteiger partial charge < -0.3 is 15.7 Å². The number of aryl methyl sites for hydroxylation is 2. The number of aromatic nitrogens is 2. The first-order valence-electron chi connectivity index (χ1n) is 11.0. The van der Waals surface area contributed by atoms with Crippen molar-refractivity contribution in [2.24, 2.45) is 0 Å². The van der Waals surface area contributed by atoms with E-state index < -0.39 is 23.8 Å². The molecule has 1 aromatic heterocycles. The van der Waals surface area contributed by atoms with Crippen LogP contribution in [0.5, 0.6) is 0 Å². The van der Waals surface area contributed by atoms with Gasteiger partial charge in [-0.3, -0.25) is 0 Å². The van der Waals surface area contributed by atoms with Crippen LogP contribution in [0.15, 0.2) is 42.7 Å². The number of benzene rings is 2. The minimum absolute atomic E-state index is 0.175. The monoisotopic (exact) mass is 458 g/mol. The van der Waals surface area contributed by atoms with Gasteiger partial charge in [0.15, 0.2) is 0 Å². The maximum Gasteiger partial charge on any atom is 0.202 e. The highest BCUT2D eigenvalue weighted by Gasteiger charge is 2.25. The van der Waals surface area contributed by atoms with Crippen molar-refractivity contribution in [3.8, 4) is 0 Å². The predicted octanol–water partition coefficient (Wildman–Crippen LogP) is 4.43. The van der Waals surface area contributed by atoms with E-state index in [4.69, 9.17) is 0 Å². The highest BCUT2D eigenvalue weighted by atomic mass is 32.1. The Morgan fingerprint density at radius 1 is 1.16 bits per heavy atom. The van der Waals surface area contributed by atoms with Gasteiger partial charge in [-0.15, -0.1) is 0 Å². The van der Waals surface area contributed by atoms with E-state index in [-0.39, 0.29) is 12.5 Å². The van der Waals surface area contributed by atoms with Crippen LogP contribution in [0.25, 0.3) is 0 Å². The van der Waals surface area contributed by atoms with Gasteiger partial charge >= 0.3 is 0 Å². The Morgan fingerprint density at radius 2 is 1.97 bits per heavy atom. The number of nitrogens with one attached hydrogen (secondary N) is 2. The maximum absolute atomic E-state index is 13.7. The van der Waals surface area contributed by atoms with E-state index in [0.717, 1.165) is 31.7 Å². The van der Waals surface area contributed by atoms with Gasteiger partial charge in [0.05, 0.1) is 12.1 Å². The Labute approximate surface area is 191 Å². The molecule has 0 fully saturated rings.